The highest BCUT2D eigenvalue weighted by Gasteiger charge is 2.27. The summed E-state index contributed by atoms with van der Waals surface area (Å²) in [6.07, 6.45) is -4.47. The molecule has 62 heavy (non-hydrogen) atoms. The second-order valence-electron chi connectivity index (χ2n) is 14.2. The number of carbonyl (C=O) groups is 3. The minimum absolute atomic E-state index is 0.381. The molecular formula is C47H37ClF2N6O6. The van der Waals surface area contributed by atoms with Crippen LogP contribution in [0.25, 0.3) is 0 Å². The largest absolute Gasteiger partial charge is 0.364 e. The lowest BCUT2D eigenvalue weighted by Gasteiger charge is -2.10. The van der Waals surface area contributed by atoms with Crippen LogP contribution in [0, 0.1) is 25.5 Å². The number of benzene rings is 6. The van der Waals surface area contributed by atoms with Gasteiger partial charge in [0.25, 0.3) is 17.7 Å². The topological polar surface area (TPSA) is 185 Å². The van der Waals surface area contributed by atoms with Gasteiger partial charge in [-0.25, -0.2) is 23.8 Å². The molecule has 3 aliphatic rings. The second-order valence-corrected chi connectivity index (χ2v) is 14.6. The van der Waals surface area contributed by atoms with Crippen molar-refractivity contribution in [3.63, 3.8) is 0 Å². The lowest BCUT2D eigenvalue weighted by atomic mass is 9.99. The number of nitrogens with one attached hydrogen (secondary N) is 3. The molecule has 3 atom stereocenters. The predicted molar refractivity (Wildman–Crippen MR) is 234 cm³/mol. The van der Waals surface area contributed by atoms with Crippen LogP contribution in [0.4, 0.5) is 25.8 Å². The molecule has 0 spiro atoms. The van der Waals surface area contributed by atoms with Crippen molar-refractivity contribution in [2.24, 2.45) is 15.0 Å². The van der Waals surface area contributed by atoms with Crippen molar-refractivity contribution >= 4 is 63.5 Å². The van der Waals surface area contributed by atoms with Gasteiger partial charge in [-0.3, -0.25) is 14.4 Å². The van der Waals surface area contributed by atoms with Gasteiger partial charge in [-0.2, -0.15) is 0 Å². The first-order chi connectivity index (χ1) is 29.7. The van der Waals surface area contributed by atoms with Crippen LogP contribution in [0.2, 0.25) is 5.02 Å². The van der Waals surface area contributed by atoms with E-state index in [4.69, 9.17) is 11.6 Å². The van der Waals surface area contributed by atoms with Crippen LogP contribution < -0.4 is 16.0 Å². The van der Waals surface area contributed by atoms with Crippen LogP contribution in [-0.4, -0.2) is 68.9 Å². The molecule has 6 N–H and O–H groups in total. The van der Waals surface area contributed by atoms with Crippen molar-refractivity contribution in [3.8, 4) is 0 Å². The number of rotatable bonds is 3. The molecule has 3 amide bonds. The van der Waals surface area contributed by atoms with Gasteiger partial charge in [0, 0.05) is 38.4 Å². The number of hydrogen-bond acceptors (Lipinski definition) is 9. The Kier molecular flexibility index (Phi) is 12.9. The maximum Gasteiger partial charge on any atom is 0.276 e. The molecule has 3 heterocycles. The van der Waals surface area contributed by atoms with E-state index >= 15 is 0 Å². The summed E-state index contributed by atoms with van der Waals surface area (Å²) in [6.45, 7) is 3.94. The Morgan fingerprint density at radius 1 is 0.468 bits per heavy atom. The van der Waals surface area contributed by atoms with Crippen LogP contribution in [-0.2, 0) is 14.4 Å². The van der Waals surface area contributed by atoms with Crippen LogP contribution in [0.5, 0.6) is 0 Å². The van der Waals surface area contributed by atoms with E-state index in [0.29, 0.717) is 67.0 Å². The standard InChI is InChI=1S/C16H13ClN2O2.C16H13FN2O2.C15H11FN2O2/c2*1-9-2-4-10(5-3-9)14-12-8-11(17)6-7-13(12)18-15(20)16(21)19-14;16-10-6-7-12-11(8-10)13(9-4-2-1-3-5-9)18-15(20)14(19)17-12/h2*2-8,16,21H,1H3,(H,18,20);1-8,15,20H,(H,17,19). The van der Waals surface area contributed by atoms with E-state index in [-0.39, 0.29) is 0 Å². The quantitative estimate of drug-likeness (QED) is 0.112. The summed E-state index contributed by atoms with van der Waals surface area (Å²) in [4.78, 5) is 47.4. The molecule has 0 bridgehead atoms. The Bertz CT molecular complexity index is 2650. The summed E-state index contributed by atoms with van der Waals surface area (Å²) in [5.74, 6) is -2.69. The monoisotopic (exact) mass is 854 g/mol. The molecule has 0 fully saturated rings. The van der Waals surface area contributed by atoms with Crippen molar-refractivity contribution in [1.29, 1.82) is 0 Å². The third-order valence-corrected chi connectivity index (χ3v) is 9.87. The lowest BCUT2D eigenvalue weighted by molar-refractivity contribution is -0.124. The van der Waals surface area contributed by atoms with E-state index in [0.717, 1.165) is 16.7 Å². The zero-order chi connectivity index (χ0) is 44.1. The highest BCUT2D eigenvalue weighted by Crippen LogP contribution is 2.29. The van der Waals surface area contributed by atoms with Crippen molar-refractivity contribution < 1.29 is 38.5 Å². The van der Waals surface area contributed by atoms with Gasteiger partial charge in [0.2, 0.25) is 18.7 Å². The first-order valence-corrected chi connectivity index (χ1v) is 19.4. The molecular weight excluding hydrogens is 818 g/mol. The molecule has 312 valence electrons. The van der Waals surface area contributed by atoms with Gasteiger partial charge < -0.3 is 31.3 Å². The molecule has 6 aromatic carbocycles. The van der Waals surface area contributed by atoms with Crippen molar-refractivity contribution in [2.45, 2.75) is 32.5 Å². The summed E-state index contributed by atoms with van der Waals surface area (Å²) in [5.41, 5.74) is 8.75. The van der Waals surface area contributed by atoms with Gasteiger partial charge in [-0.05, 0) is 68.4 Å². The smallest absolute Gasteiger partial charge is 0.276 e. The van der Waals surface area contributed by atoms with E-state index in [1.54, 1.807) is 30.3 Å². The maximum absolute atomic E-state index is 13.5. The van der Waals surface area contributed by atoms with Crippen LogP contribution in [0.1, 0.15) is 44.5 Å². The summed E-state index contributed by atoms with van der Waals surface area (Å²) in [7, 11) is 0. The number of nitrogens with zero attached hydrogens (tertiary/aromatic N) is 3. The average molecular weight is 855 g/mol. The maximum atomic E-state index is 13.5. The highest BCUT2D eigenvalue weighted by molar-refractivity contribution is 6.32. The number of amides is 3. The van der Waals surface area contributed by atoms with Gasteiger partial charge in [0.1, 0.15) is 11.6 Å². The minimum Gasteiger partial charge on any atom is -0.364 e. The SMILES string of the molecule is Cc1ccc(C2=NC(O)C(=O)Nc3ccc(Cl)cc32)cc1.Cc1ccc(C2=NC(O)C(=O)Nc3ccc(F)cc32)cc1.O=C1Nc2ccc(F)cc2C(c2ccccc2)=NC1O. The van der Waals surface area contributed by atoms with Gasteiger partial charge in [-0.1, -0.05) is 102 Å². The number of carbonyl (C=O) groups excluding carboxylic acids is 3. The number of aliphatic imine (C=N–C) groups is 3. The van der Waals surface area contributed by atoms with Gasteiger partial charge in [-0.15, -0.1) is 0 Å². The Morgan fingerprint density at radius 2 is 0.806 bits per heavy atom. The Labute approximate surface area is 359 Å². The summed E-state index contributed by atoms with van der Waals surface area (Å²) in [6, 6.07) is 37.3. The summed E-state index contributed by atoms with van der Waals surface area (Å²) < 4.78 is 27.0. The highest BCUT2D eigenvalue weighted by atomic mass is 35.5. The third-order valence-electron chi connectivity index (χ3n) is 9.64. The number of fused-ring (bicyclic) bond motifs is 3. The number of anilines is 3. The van der Waals surface area contributed by atoms with Gasteiger partial charge in [0.15, 0.2) is 0 Å². The van der Waals surface area contributed by atoms with Crippen molar-refractivity contribution in [2.75, 3.05) is 16.0 Å². The number of aliphatic hydroxyl groups excluding tert-OH is 3. The number of benzodiazepines with no additional fused rings is 3. The molecule has 0 aliphatic carbocycles. The van der Waals surface area contributed by atoms with Crippen molar-refractivity contribution in [3.05, 3.63) is 195 Å². The second kappa shape index (κ2) is 18.6. The Hall–Kier alpha value is -7.23. The molecule has 15 heteroatoms. The minimum atomic E-state index is -1.52. The van der Waals surface area contributed by atoms with Crippen LogP contribution in [0.15, 0.2) is 148 Å². The van der Waals surface area contributed by atoms with E-state index in [9.17, 15) is 38.5 Å². The molecule has 3 aliphatic heterocycles. The zero-order valence-electron chi connectivity index (χ0n) is 33.0. The molecule has 0 saturated heterocycles. The molecule has 9 rings (SSSR count). The molecule has 12 nitrogen and oxygen atoms in total. The molecule has 0 radical (unpaired) electrons. The zero-order valence-corrected chi connectivity index (χ0v) is 33.7. The van der Waals surface area contributed by atoms with Gasteiger partial charge in [0.05, 0.1) is 34.2 Å². The Morgan fingerprint density at radius 3 is 1.19 bits per heavy atom. The number of aryl methyl sites for hydroxylation is 2. The number of aliphatic hydroxyl groups is 3. The fraction of sp³-hybridized carbons (Fsp3) is 0.106. The number of halogens is 3. The van der Waals surface area contributed by atoms with Crippen LogP contribution >= 0.6 is 11.6 Å². The molecule has 0 saturated carbocycles. The fourth-order valence-corrected chi connectivity index (χ4v) is 6.69. The van der Waals surface area contributed by atoms with Crippen molar-refractivity contribution in [1.82, 2.24) is 0 Å². The number of hydrogen-bond donors (Lipinski definition) is 6. The van der Waals surface area contributed by atoms with E-state index in [1.165, 1.54) is 36.4 Å². The molecule has 6 aromatic rings. The molecule has 3 unspecified atom stereocenters. The van der Waals surface area contributed by atoms with E-state index in [2.05, 4.69) is 30.9 Å². The van der Waals surface area contributed by atoms with Crippen LogP contribution in [0.3, 0.4) is 0 Å². The first-order valence-electron chi connectivity index (χ1n) is 19.0. The predicted octanol–water partition coefficient (Wildman–Crippen LogP) is 6.93. The average Bonchev–Trinajstić information content (AvgIpc) is 3.54. The van der Waals surface area contributed by atoms with E-state index < -0.39 is 48.0 Å². The fourth-order valence-electron chi connectivity index (χ4n) is 6.52. The third kappa shape index (κ3) is 9.86. The first kappa shape index (κ1) is 42.9. The molecule has 0 aromatic heterocycles. The Balaban J connectivity index is 0.000000140. The van der Waals surface area contributed by atoms with Gasteiger partial charge >= 0.3 is 0 Å². The summed E-state index contributed by atoms with van der Waals surface area (Å²) in [5, 5.41) is 37.6. The summed E-state index contributed by atoms with van der Waals surface area (Å²) >= 11 is 6.05. The lowest BCUT2D eigenvalue weighted by Crippen LogP contribution is -2.24. The van der Waals surface area contributed by atoms with E-state index in [1.807, 2.05) is 80.6 Å². The normalized spacial score (nSPS) is 17.6.